The van der Waals surface area contributed by atoms with Crippen molar-refractivity contribution >= 4 is 5.97 Å². The molecule has 5 nitrogen and oxygen atoms in total. The molecule has 0 radical (unpaired) electrons. The quantitative estimate of drug-likeness (QED) is 0.144. The lowest BCUT2D eigenvalue weighted by Gasteiger charge is -2.08. The summed E-state index contributed by atoms with van der Waals surface area (Å²) in [6.45, 7) is 1.63. The van der Waals surface area contributed by atoms with Gasteiger partial charge in [-0.25, -0.2) is 0 Å². The third-order valence-electron chi connectivity index (χ3n) is 4.77. The highest BCUT2D eigenvalue weighted by molar-refractivity contribution is 5.69. The molecule has 0 aromatic rings. The summed E-state index contributed by atoms with van der Waals surface area (Å²) in [5, 5.41) is 17.7. The molecule has 0 spiro atoms. The summed E-state index contributed by atoms with van der Waals surface area (Å²) in [5.74, 6) is -0.314. The first-order valence-electron chi connectivity index (χ1n) is 11.4. The van der Waals surface area contributed by atoms with Gasteiger partial charge < -0.3 is 19.7 Å². The van der Waals surface area contributed by atoms with Crippen LogP contribution >= 0.6 is 0 Å². The van der Waals surface area contributed by atoms with Gasteiger partial charge in [0.1, 0.15) is 12.7 Å². The van der Waals surface area contributed by atoms with Crippen LogP contribution in [0, 0.1) is 0 Å². The molecule has 30 heavy (non-hydrogen) atoms. The molecule has 0 aromatic heterocycles. The van der Waals surface area contributed by atoms with Gasteiger partial charge in [-0.15, -0.1) is 0 Å². The molecule has 1 saturated heterocycles. The summed E-state index contributed by atoms with van der Waals surface area (Å²) < 4.78 is 10.5. The van der Waals surface area contributed by atoms with Crippen LogP contribution in [0.1, 0.15) is 71.1 Å². The molecule has 1 rings (SSSR count). The van der Waals surface area contributed by atoms with Crippen LogP contribution in [0.2, 0.25) is 0 Å². The van der Waals surface area contributed by atoms with Crippen molar-refractivity contribution in [2.45, 2.75) is 89.4 Å². The highest BCUT2D eigenvalue weighted by Crippen LogP contribution is 2.29. The van der Waals surface area contributed by atoms with Crippen LogP contribution in [0.25, 0.3) is 0 Å². The van der Waals surface area contributed by atoms with Gasteiger partial charge in [0.15, 0.2) is 0 Å². The first kappa shape index (κ1) is 26.3. The van der Waals surface area contributed by atoms with Crippen molar-refractivity contribution < 1.29 is 24.5 Å². The maximum atomic E-state index is 11.4. The standard InChI is InChI=1S/C25H40O5/c1-2-3-14-17-23-24(30-23)18-15-12-10-8-6-4-5-7-9-11-13-16-19-25(28)29-21-22(27)20-26/h3,5-8,12,14-15,22-24,26-27H,2,4,9-11,13,16-21H2,1H3/b7-5-,8-6-,14-3-,15-12-. The Morgan fingerprint density at radius 2 is 1.57 bits per heavy atom. The number of unbranched alkanes of at least 4 members (excludes halogenated alkanes) is 3. The second-order valence-electron chi connectivity index (χ2n) is 7.57. The SMILES string of the molecule is CC/C=C\CC1OC1C/C=C\C/C=C\C/C=C\CCCCCC(=O)OCC(O)CO. The molecule has 1 fully saturated rings. The molecule has 3 unspecified atom stereocenters. The molecule has 5 heteroatoms. The Balaban J connectivity index is 1.88. The second kappa shape index (κ2) is 18.1. The molecule has 3 atom stereocenters. The Kier molecular flexibility index (Phi) is 15.9. The normalized spacial score (nSPS) is 20.1. The fraction of sp³-hybridized carbons (Fsp3) is 0.640. The van der Waals surface area contributed by atoms with Gasteiger partial charge in [0.25, 0.3) is 0 Å². The van der Waals surface area contributed by atoms with Crippen LogP contribution in [0.4, 0.5) is 0 Å². The van der Waals surface area contributed by atoms with Gasteiger partial charge in [0.05, 0.1) is 18.8 Å². The molecular weight excluding hydrogens is 380 g/mol. The molecule has 0 bridgehead atoms. The van der Waals surface area contributed by atoms with Crippen molar-refractivity contribution in [3.05, 3.63) is 48.6 Å². The average molecular weight is 421 g/mol. The van der Waals surface area contributed by atoms with Crippen LogP contribution in [0.15, 0.2) is 48.6 Å². The van der Waals surface area contributed by atoms with Crippen LogP contribution in [-0.4, -0.2) is 47.7 Å². The first-order valence-corrected chi connectivity index (χ1v) is 11.4. The topological polar surface area (TPSA) is 79.3 Å². The monoisotopic (exact) mass is 420 g/mol. The summed E-state index contributed by atoms with van der Waals surface area (Å²) in [6, 6.07) is 0. The van der Waals surface area contributed by atoms with E-state index in [9.17, 15) is 4.79 Å². The van der Waals surface area contributed by atoms with Crippen LogP contribution in [0.3, 0.4) is 0 Å². The number of aliphatic hydroxyl groups excluding tert-OH is 2. The summed E-state index contributed by atoms with van der Waals surface area (Å²) >= 11 is 0. The second-order valence-corrected chi connectivity index (χ2v) is 7.57. The molecule has 0 amide bonds. The average Bonchev–Trinajstić information content (AvgIpc) is 3.50. The smallest absolute Gasteiger partial charge is 0.305 e. The number of carbonyl (C=O) groups excluding carboxylic acids is 1. The number of esters is 1. The predicted molar refractivity (Wildman–Crippen MR) is 121 cm³/mol. The molecule has 0 saturated carbocycles. The Labute approximate surface area is 182 Å². The highest BCUT2D eigenvalue weighted by Gasteiger charge is 2.35. The maximum absolute atomic E-state index is 11.4. The fourth-order valence-electron chi connectivity index (χ4n) is 2.90. The maximum Gasteiger partial charge on any atom is 0.305 e. The van der Waals surface area contributed by atoms with Gasteiger partial charge in [-0.2, -0.15) is 0 Å². The van der Waals surface area contributed by atoms with Crippen molar-refractivity contribution in [1.29, 1.82) is 0 Å². The van der Waals surface area contributed by atoms with Gasteiger partial charge in [-0.05, 0) is 51.4 Å². The van der Waals surface area contributed by atoms with Gasteiger partial charge in [-0.1, -0.05) is 62.0 Å². The molecule has 0 aromatic carbocycles. The Morgan fingerprint density at radius 3 is 2.23 bits per heavy atom. The number of hydrogen-bond donors (Lipinski definition) is 2. The number of rotatable bonds is 18. The molecule has 1 aliphatic rings. The number of aliphatic hydroxyl groups is 2. The van der Waals surface area contributed by atoms with Gasteiger partial charge in [-0.3, -0.25) is 4.79 Å². The predicted octanol–water partition coefficient (Wildman–Crippen LogP) is 4.80. The van der Waals surface area contributed by atoms with Gasteiger partial charge in [0.2, 0.25) is 0 Å². The summed E-state index contributed by atoms with van der Waals surface area (Å²) in [5.41, 5.74) is 0. The molecule has 0 aliphatic carbocycles. The number of epoxide rings is 1. The molecule has 1 heterocycles. The largest absolute Gasteiger partial charge is 0.463 e. The van der Waals surface area contributed by atoms with E-state index in [-0.39, 0.29) is 19.2 Å². The zero-order valence-electron chi connectivity index (χ0n) is 18.5. The van der Waals surface area contributed by atoms with Crippen LogP contribution < -0.4 is 0 Å². The Morgan fingerprint density at radius 1 is 0.933 bits per heavy atom. The molecular formula is C25H40O5. The first-order chi connectivity index (χ1) is 14.7. The van der Waals surface area contributed by atoms with E-state index in [0.717, 1.165) is 57.8 Å². The third-order valence-corrected chi connectivity index (χ3v) is 4.77. The van der Waals surface area contributed by atoms with Crippen LogP contribution in [0.5, 0.6) is 0 Å². The van der Waals surface area contributed by atoms with Crippen molar-refractivity contribution in [3.8, 4) is 0 Å². The summed E-state index contributed by atoms with van der Waals surface area (Å²) in [4.78, 5) is 11.4. The van der Waals surface area contributed by atoms with E-state index in [1.165, 1.54) is 0 Å². The highest BCUT2D eigenvalue weighted by atomic mass is 16.6. The minimum absolute atomic E-state index is 0.131. The lowest BCUT2D eigenvalue weighted by atomic mass is 10.1. The van der Waals surface area contributed by atoms with E-state index in [0.29, 0.717) is 18.6 Å². The zero-order valence-corrected chi connectivity index (χ0v) is 18.5. The number of hydrogen-bond acceptors (Lipinski definition) is 5. The van der Waals surface area contributed by atoms with Crippen molar-refractivity contribution in [1.82, 2.24) is 0 Å². The number of carbonyl (C=O) groups is 1. The van der Waals surface area contributed by atoms with E-state index >= 15 is 0 Å². The van der Waals surface area contributed by atoms with E-state index < -0.39 is 6.10 Å². The van der Waals surface area contributed by atoms with Crippen molar-refractivity contribution in [2.75, 3.05) is 13.2 Å². The third kappa shape index (κ3) is 15.2. The molecule has 1 aliphatic heterocycles. The zero-order chi connectivity index (χ0) is 21.9. The minimum atomic E-state index is -0.979. The van der Waals surface area contributed by atoms with Crippen molar-refractivity contribution in [2.24, 2.45) is 0 Å². The Hall–Kier alpha value is -1.69. The van der Waals surface area contributed by atoms with E-state index in [2.05, 4.69) is 55.5 Å². The van der Waals surface area contributed by atoms with Crippen LogP contribution in [-0.2, 0) is 14.3 Å². The van der Waals surface area contributed by atoms with E-state index in [4.69, 9.17) is 19.7 Å². The Bertz CT molecular complexity index is 550. The van der Waals surface area contributed by atoms with E-state index in [1.807, 2.05) is 0 Å². The fourth-order valence-corrected chi connectivity index (χ4v) is 2.90. The number of ether oxygens (including phenoxy) is 2. The molecule has 170 valence electrons. The van der Waals surface area contributed by atoms with Gasteiger partial charge in [0, 0.05) is 6.42 Å². The summed E-state index contributed by atoms with van der Waals surface area (Å²) in [6.07, 6.45) is 26.7. The van der Waals surface area contributed by atoms with Gasteiger partial charge >= 0.3 is 5.97 Å². The lowest BCUT2D eigenvalue weighted by Crippen LogP contribution is -2.21. The summed E-state index contributed by atoms with van der Waals surface area (Å²) in [7, 11) is 0. The lowest BCUT2D eigenvalue weighted by molar-refractivity contribution is -0.147. The molecule has 2 N–H and O–H groups in total. The number of allylic oxidation sites excluding steroid dienone is 6. The van der Waals surface area contributed by atoms with E-state index in [1.54, 1.807) is 0 Å². The minimum Gasteiger partial charge on any atom is -0.463 e. The van der Waals surface area contributed by atoms with Crippen molar-refractivity contribution in [3.63, 3.8) is 0 Å².